The van der Waals surface area contributed by atoms with Crippen LogP contribution in [0.25, 0.3) is 0 Å². The van der Waals surface area contributed by atoms with E-state index in [1.165, 1.54) is 12.8 Å². The first-order chi connectivity index (χ1) is 13.1. The summed E-state index contributed by atoms with van der Waals surface area (Å²) < 4.78 is 5.22. The number of rotatable bonds is 6. The number of aryl methyl sites for hydroxylation is 2. The molecule has 0 bridgehead atoms. The van der Waals surface area contributed by atoms with Gasteiger partial charge in [-0.25, -0.2) is 4.98 Å². The number of aromatic nitrogens is 2. The van der Waals surface area contributed by atoms with Crippen molar-refractivity contribution in [3.05, 3.63) is 40.9 Å². The first-order valence-electron chi connectivity index (χ1n) is 9.66. The average Bonchev–Trinajstić information content (AvgIpc) is 3.48. The number of carbonyl (C=O) groups excluding carboxylic acids is 1. The van der Waals surface area contributed by atoms with Crippen LogP contribution in [0.15, 0.2) is 27.9 Å². The molecule has 1 aliphatic carbocycles. The normalized spacial score (nSPS) is 18.6. The second-order valence-corrected chi connectivity index (χ2v) is 8.43. The van der Waals surface area contributed by atoms with Crippen LogP contribution in [0, 0.1) is 13.8 Å². The Labute approximate surface area is 164 Å². The SMILES string of the molecule is Cc1noc(C)c1CSc1ncccc1C(=O)NC1CCN(C2CC2)CC1. The lowest BCUT2D eigenvalue weighted by atomic mass is 10.0. The Balaban J connectivity index is 1.37. The van der Waals surface area contributed by atoms with Gasteiger partial charge >= 0.3 is 0 Å². The molecule has 4 rings (SSSR count). The van der Waals surface area contributed by atoms with Crippen molar-refractivity contribution in [1.82, 2.24) is 20.4 Å². The molecular formula is C20H26N4O2S. The number of pyridine rings is 1. The maximum Gasteiger partial charge on any atom is 0.254 e. The molecule has 1 aliphatic heterocycles. The summed E-state index contributed by atoms with van der Waals surface area (Å²) in [5.41, 5.74) is 2.62. The number of amides is 1. The third-order valence-corrected chi connectivity index (χ3v) is 6.51. The standard InChI is InChI=1S/C20H26N4O2S/c1-13-18(14(2)26-23-13)12-27-20-17(4-3-9-21-20)19(25)22-15-7-10-24(11-8-15)16-5-6-16/h3-4,9,15-16H,5-8,10-12H2,1-2H3,(H,22,25). The molecule has 7 heteroatoms. The fraction of sp³-hybridized carbons (Fsp3) is 0.550. The van der Waals surface area contributed by atoms with E-state index >= 15 is 0 Å². The van der Waals surface area contributed by atoms with Crippen molar-refractivity contribution in [2.75, 3.05) is 13.1 Å². The van der Waals surface area contributed by atoms with Crippen LogP contribution in [0.2, 0.25) is 0 Å². The van der Waals surface area contributed by atoms with E-state index in [-0.39, 0.29) is 11.9 Å². The number of hydrogen-bond acceptors (Lipinski definition) is 6. The number of piperidine rings is 1. The van der Waals surface area contributed by atoms with Crippen molar-refractivity contribution in [3.8, 4) is 0 Å². The lowest BCUT2D eigenvalue weighted by molar-refractivity contribution is 0.0905. The van der Waals surface area contributed by atoms with E-state index in [0.29, 0.717) is 11.3 Å². The third kappa shape index (κ3) is 4.35. The van der Waals surface area contributed by atoms with Crippen molar-refractivity contribution in [1.29, 1.82) is 0 Å². The number of carbonyl (C=O) groups is 1. The van der Waals surface area contributed by atoms with Gasteiger partial charge in [0.2, 0.25) is 0 Å². The van der Waals surface area contributed by atoms with Crippen molar-refractivity contribution in [3.63, 3.8) is 0 Å². The number of nitrogens with one attached hydrogen (secondary N) is 1. The lowest BCUT2D eigenvalue weighted by Gasteiger charge is -2.32. The molecule has 2 aromatic heterocycles. The summed E-state index contributed by atoms with van der Waals surface area (Å²) in [6.45, 7) is 6.04. The van der Waals surface area contributed by atoms with Gasteiger partial charge in [0, 0.05) is 42.7 Å². The quantitative estimate of drug-likeness (QED) is 0.768. The van der Waals surface area contributed by atoms with E-state index in [1.807, 2.05) is 26.0 Å². The molecule has 1 N–H and O–H groups in total. The summed E-state index contributed by atoms with van der Waals surface area (Å²) in [6.07, 6.45) is 6.49. The van der Waals surface area contributed by atoms with Crippen LogP contribution in [0.3, 0.4) is 0 Å². The monoisotopic (exact) mass is 386 g/mol. The Hall–Kier alpha value is -1.86. The number of likely N-dealkylation sites (tertiary alicyclic amines) is 1. The highest BCUT2D eigenvalue weighted by Crippen LogP contribution is 2.30. The van der Waals surface area contributed by atoms with Crippen LogP contribution in [0.4, 0.5) is 0 Å². The molecule has 2 aliphatic rings. The molecule has 0 spiro atoms. The van der Waals surface area contributed by atoms with Crippen molar-refractivity contribution >= 4 is 17.7 Å². The Morgan fingerprint density at radius 2 is 2.07 bits per heavy atom. The van der Waals surface area contributed by atoms with E-state index < -0.39 is 0 Å². The smallest absolute Gasteiger partial charge is 0.254 e. The van der Waals surface area contributed by atoms with Crippen molar-refractivity contribution < 1.29 is 9.32 Å². The maximum absolute atomic E-state index is 12.8. The van der Waals surface area contributed by atoms with Gasteiger partial charge in [-0.3, -0.25) is 4.79 Å². The number of thioether (sulfide) groups is 1. The van der Waals surface area contributed by atoms with E-state index in [9.17, 15) is 4.79 Å². The van der Waals surface area contributed by atoms with Gasteiger partial charge in [-0.15, -0.1) is 11.8 Å². The predicted octanol–water partition coefficient (Wildman–Crippen LogP) is 3.34. The van der Waals surface area contributed by atoms with E-state index in [0.717, 1.165) is 54.0 Å². The van der Waals surface area contributed by atoms with Crippen molar-refractivity contribution in [2.45, 2.75) is 62.4 Å². The number of nitrogens with zero attached hydrogens (tertiary/aromatic N) is 3. The van der Waals surface area contributed by atoms with Crippen LogP contribution < -0.4 is 5.32 Å². The van der Waals surface area contributed by atoms with Gasteiger partial charge in [-0.1, -0.05) is 5.16 Å². The molecule has 3 heterocycles. The zero-order valence-corrected chi connectivity index (χ0v) is 16.7. The zero-order chi connectivity index (χ0) is 18.8. The summed E-state index contributed by atoms with van der Waals surface area (Å²) in [6, 6.07) is 4.75. The van der Waals surface area contributed by atoms with Crippen LogP contribution in [0.5, 0.6) is 0 Å². The lowest BCUT2D eigenvalue weighted by Crippen LogP contribution is -2.45. The van der Waals surface area contributed by atoms with Gasteiger partial charge in [-0.05, 0) is 51.7 Å². The maximum atomic E-state index is 12.8. The van der Waals surface area contributed by atoms with Crippen LogP contribution >= 0.6 is 11.8 Å². The highest BCUT2D eigenvalue weighted by atomic mass is 32.2. The predicted molar refractivity (Wildman–Crippen MR) is 105 cm³/mol. The van der Waals surface area contributed by atoms with Crippen molar-refractivity contribution in [2.24, 2.45) is 0 Å². The van der Waals surface area contributed by atoms with Crippen LogP contribution in [-0.2, 0) is 5.75 Å². The summed E-state index contributed by atoms with van der Waals surface area (Å²) >= 11 is 1.56. The zero-order valence-electron chi connectivity index (χ0n) is 15.9. The minimum absolute atomic E-state index is 0.0192. The molecule has 144 valence electrons. The fourth-order valence-electron chi connectivity index (χ4n) is 3.64. The van der Waals surface area contributed by atoms with Crippen LogP contribution in [0.1, 0.15) is 53.1 Å². The third-order valence-electron chi connectivity index (χ3n) is 5.48. The fourth-order valence-corrected chi connectivity index (χ4v) is 4.78. The Bertz CT molecular complexity index is 791. The molecule has 0 aromatic carbocycles. The van der Waals surface area contributed by atoms with Gasteiger partial charge < -0.3 is 14.7 Å². The highest BCUT2D eigenvalue weighted by molar-refractivity contribution is 7.98. The Kier molecular flexibility index (Phi) is 5.50. The van der Waals surface area contributed by atoms with Gasteiger partial charge in [0.05, 0.1) is 11.3 Å². The molecule has 1 saturated heterocycles. The Morgan fingerprint density at radius 3 is 2.74 bits per heavy atom. The largest absolute Gasteiger partial charge is 0.361 e. The molecule has 0 unspecified atom stereocenters. The number of hydrogen-bond donors (Lipinski definition) is 1. The molecule has 2 aromatic rings. The summed E-state index contributed by atoms with van der Waals surface area (Å²) in [5, 5.41) is 7.97. The van der Waals surface area contributed by atoms with E-state index in [1.54, 1.807) is 18.0 Å². The van der Waals surface area contributed by atoms with Gasteiger partial charge in [0.15, 0.2) is 0 Å². The van der Waals surface area contributed by atoms with Gasteiger partial charge in [-0.2, -0.15) is 0 Å². The molecular weight excluding hydrogens is 360 g/mol. The highest BCUT2D eigenvalue weighted by Gasteiger charge is 2.32. The van der Waals surface area contributed by atoms with Gasteiger partial charge in [0.1, 0.15) is 10.8 Å². The van der Waals surface area contributed by atoms with E-state index in [2.05, 4.69) is 20.4 Å². The molecule has 0 radical (unpaired) electrons. The molecule has 27 heavy (non-hydrogen) atoms. The summed E-state index contributed by atoms with van der Waals surface area (Å²) in [7, 11) is 0. The van der Waals surface area contributed by atoms with Crippen LogP contribution in [-0.4, -0.2) is 46.1 Å². The molecule has 2 fully saturated rings. The average molecular weight is 387 g/mol. The topological polar surface area (TPSA) is 71.3 Å². The summed E-state index contributed by atoms with van der Waals surface area (Å²) in [5.74, 6) is 1.50. The first-order valence-corrected chi connectivity index (χ1v) is 10.6. The first kappa shape index (κ1) is 18.5. The molecule has 1 amide bonds. The molecule has 6 nitrogen and oxygen atoms in total. The van der Waals surface area contributed by atoms with Gasteiger partial charge in [0.25, 0.3) is 5.91 Å². The molecule has 0 atom stereocenters. The second-order valence-electron chi connectivity index (χ2n) is 7.46. The second kappa shape index (κ2) is 8.02. The van der Waals surface area contributed by atoms with E-state index in [4.69, 9.17) is 4.52 Å². The minimum Gasteiger partial charge on any atom is -0.361 e. The Morgan fingerprint density at radius 1 is 1.30 bits per heavy atom. The minimum atomic E-state index is -0.0192. The summed E-state index contributed by atoms with van der Waals surface area (Å²) in [4.78, 5) is 19.9. The molecule has 1 saturated carbocycles.